The fourth-order valence-corrected chi connectivity index (χ4v) is 8.26. The van der Waals surface area contributed by atoms with Gasteiger partial charge in [0.25, 0.3) is 0 Å². The number of hydrogen-bond donors (Lipinski definition) is 0. The van der Waals surface area contributed by atoms with Gasteiger partial charge < -0.3 is 9.32 Å². The van der Waals surface area contributed by atoms with Gasteiger partial charge in [0.05, 0.1) is 11.1 Å². The topological polar surface area (TPSA) is 16.4 Å². The van der Waals surface area contributed by atoms with Gasteiger partial charge in [-0.05, 0) is 107 Å². The fourth-order valence-electron chi connectivity index (χ4n) is 8.26. The molecule has 2 nitrogen and oxygen atoms in total. The molecule has 0 aliphatic carbocycles. The molecule has 232 valence electrons. The third-order valence-corrected chi connectivity index (χ3v) is 10.6. The Kier molecular flexibility index (Phi) is 5.70. The van der Waals surface area contributed by atoms with Gasteiger partial charge in [0.15, 0.2) is 0 Å². The van der Waals surface area contributed by atoms with E-state index < -0.39 is 0 Å². The predicted octanol–water partition coefficient (Wildman–Crippen LogP) is 14.0. The number of anilines is 3. The standard InChI is InChI=1S/C48H29NO/c1-3-10-36-30(8-1)18-26-40-38(36)24-20-32-16-22-34(28-43(32)40)49(45-13-7-15-47-48(45)42-12-5-6-14-46(42)50-47)35-23-17-33-21-25-39-37-11-4-2-9-31(37)19-27-41(39)44(33)29-35/h1-29H. The average Bonchev–Trinajstić information content (AvgIpc) is 3.57. The number of furan rings is 1. The van der Waals surface area contributed by atoms with Crippen molar-refractivity contribution in [3.63, 3.8) is 0 Å². The molecule has 0 fully saturated rings. The smallest absolute Gasteiger partial charge is 0.137 e. The highest BCUT2D eigenvalue weighted by Gasteiger charge is 2.21. The zero-order valence-electron chi connectivity index (χ0n) is 27.1. The number of fused-ring (bicyclic) bond motifs is 13. The Hall–Kier alpha value is -6.64. The first kappa shape index (κ1) is 27.3. The van der Waals surface area contributed by atoms with Crippen molar-refractivity contribution in [2.24, 2.45) is 0 Å². The molecule has 2 heteroatoms. The number of hydrogen-bond acceptors (Lipinski definition) is 2. The van der Waals surface area contributed by atoms with E-state index in [4.69, 9.17) is 4.42 Å². The Morgan fingerprint density at radius 2 is 0.740 bits per heavy atom. The molecule has 11 aromatic rings. The Labute approximate surface area is 288 Å². The molecular formula is C48H29NO. The third-order valence-electron chi connectivity index (χ3n) is 10.6. The monoisotopic (exact) mass is 635 g/mol. The van der Waals surface area contributed by atoms with Gasteiger partial charge in [-0.25, -0.2) is 0 Å². The summed E-state index contributed by atoms with van der Waals surface area (Å²) in [7, 11) is 0. The lowest BCUT2D eigenvalue weighted by atomic mass is 9.95. The zero-order chi connectivity index (χ0) is 32.8. The van der Waals surface area contributed by atoms with Gasteiger partial charge in [0, 0.05) is 16.8 Å². The molecule has 0 saturated carbocycles. The minimum atomic E-state index is 0.879. The van der Waals surface area contributed by atoms with Crippen molar-refractivity contribution in [2.45, 2.75) is 0 Å². The van der Waals surface area contributed by atoms with Gasteiger partial charge >= 0.3 is 0 Å². The van der Waals surface area contributed by atoms with E-state index in [1.54, 1.807) is 0 Å². The van der Waals surface area contributed by atoms with E-state index >= 15 is 0 Å². The Morgan fingerprint density at radius 1 is 0.300 bits per heavy atom. The van der Waals surface area contributed by atoms with Crippen molar-refractivity contribution in [3.8, 4) is 0 Å². The molecule has 50 heavy (non-hydrogen) atoms. The second kappa shape index (κ2) is 10.4. The van der Waals surface area contributed by atoms with Gasteiger partial charge in [0.1, 0.15) is 11.2 Å². The summed E-state index contributed by atoms with van der Waals surface area (Å²) in [5, 5.41) is 17.2. The van der Waals surface area contributed by atoms with Crippen molar-refractivity contribution < 1.29 is 4.42 Å². The molecule has 0 unspecified atom stereocenters. The lowest BCUT2D eigenvalue weighted by Gasteiger charge is -2.27. The maximum absolute atomic E-state index is 6.43. The van der Waals surface area contributed by atoms with Gasteiger partial charge in [-0.3, -0.25) is 0 Å². The summed E-state index contributed by atoms with van der Waals surface area (Å²) >= 11 is 0. The lowest BCUT2D eigenvalue weighted by Crippen LogP contribution is -2.10. The molecule has 0 aliphatic heterocycles. The van der Waals surface area contributed by atoms with Crippen LogP contribution in [0.1, 0.15) is 0 Å². The highest BCUT2D eigenvalue weighted by atomic mass is 16.3. The maximum Gasteiger partial charge on any atom is 0.137 e. The molecule has 0 radical (unpaired) electrons. The van der Waals surface area contributed by atoms with Crippen molar-refractivity contribution in [1.29, 1.82) is 0 Å². The molecule has 11 rings (SSSR count). The summed E-state index contributed by atoms with van der Waals surface area (Å²) in [6.45, 7) is 0. The van der Waals surface area contributed by atoms with Crippen molar-refractivity contribution in [1.82, 2.24) is 0 Å². The molecule has 0 saturated heterocycles. The van der Waals surface area contributed by atoms with E-state index in [-0.39, 0.29) is 0 Å². The molecule has 0 aliphatic rings. The van der Waals surface area contributed by atoms with Crippen molar-refractivity contribution >= 4 is 104 Å². The SMILES string of the molecule is c1ccc2c(c1)ccc1c3cc(N(c4ccc5ccc6c7ccccc7ccc6c5c4)c4cccc5oc6ccccc6c45)ccc3ccc21. The highest BCUT2D eigenvalue weighted by Crippen LogP contribution is 2.45. The maximum atomic E-state index is 6.43. The van der Waals surface area contributed by atoms with Crippen LogP contribution in [0.15, 0.2) is 180 Å². The van der Waals surface area contributed by atoms with Gasteiger partial charge in [-0.2, -0.15) is 0 Å². The Balaban J connectivity index is 1.22. The van der Waals surface area contributed by atoms with E-state index in [0.717, 1.165) is 39.0 Å². The minimum Gasteiger partial charge on any atom is -0.456 e. The third kappa shape index (κ3) is 3.96. The van der Waals surface area contributed by atoms with Crippen LogP contribution in [-0.2, 0) is 0 Å². The normalized spacial score (nSPS) is 12.0. The van der Waals surface area contributed by atoms with Crippen LogP contribution in [0.4, 0.5) is 17.1 Å². The number of nitrogens with zero attached hydrogens (tertiary/aromatic N) is 1. The molecule has 1 heterocycles. The second-order valence-electron chi connectivity index (χ2n) is 13.3. The van der Waals surface area contributed by atoms with Crippen LogP contribution in [0, 0.1) is 0 Å². The molecule has 0 amide bonds. The first-order valence-corrected chi connectivity index (χ1v) is 17.2. The zero-order valence-corrected chi connectivity index (χ0v) is 27.1. The summed E-state index contributed by atoms with van der Waals surface area (Å²) in [4.78, 5) is 2.42. The summed E-state index contributed by atoms with van der Waals surface area (Å²) < 4.78 is 6.43. The van der Waals surface area contributed by atoms with Crippen LogP contribution in [-0.4, -0.2) is 0 Å². The van der Waals surface area contributed by atoms with Crippen LogP contribution >= 0.6 is 0 Å². The Bertz CT molecular complexity index is 3010. The average molecular weight is 636 g/mol. The van der Waals surface area contributed by atoms with Crippen LogP contribution in [0.3, 0.4) is 0 Å². The van der Waals surface area contributed by atoms with Crippen LogP contribution in [0.5, 0.6) is 0 Å². The molecule has 0 atom stereocenters. The van der Waals surface area contributed by atoms with Crippen LogP contribution < -0.4 is 4.90 Å². The predicted molar refractivity (Wildman–Crippen MR) is 213 cm³/mol. The Morgan fingerprint density at radius 3 is 1.32 bits per heavy atom. The van der Waals surface area contributed by atoms with E-state index in [9.17, 15) is 0 Å². The summed E-state index contributed by atoms with van der Waals surface area (Å²) in [5.41, 5.74) is 5.05. The highest BCUT2D eigenvalue weighted by molar-refractivity contribution is 6.20. The fraction of sp³-hybridized carbons (Fsp3) is 0. The number of para-hydroxylation sites is 1. The summed E-state index contributed by atoms with van der Waals surface area (Å²) in [6, 6.07) is 64.0. The number of rotatable bonds is 3. The first-order valence-electron chi connectivity index (χ1n) is 17.2. The quantitative estimate of drug-likeness (QED) is 0.180. The minimum absolute atomic E-state index is 0.879. The van der Waals surface area contributed by atoms with E-state index in [1.807, 2.05) is 6.07 Å². The second-order valence-corrected chi connectivity index (χ2v) is 13.3. The molecule has 0 bridgehead atoms. The van der Waals surface area contributed by atoms with Crippen LogP contribution in [0.25, 0.3) is 86.6 Å². The van der Waals surface area contributed by atoms with Crippen molar-refractivity contribution in [2.75, 3.05) is 4.90 Å². The molecule has 10 aromatic carbocycles. The summed E-state index contributed by atoms with van der Waals surface area (Å²) in [5.74, 6) is 0. The molecular weight excluding hydrogens is 607 g/mol. The molecule has 0 spiro atoms. The van der Waals surface area contributed by atoms with Gasteiger partial charge in [-0.15, -0.1) is 0 Å². The summed E-state index contributed by atoms with van der Waals surface area (Å²) in [6.07, 6.45) is 0. The van der Waals surface area contributed by atoms with E-state index in [2.05, 4.69) is 175 Å². The van der Waals surface area contributed by atoms with E-state index in [0.29, 0.717) is 0 Å². The van der Waals surface area contributed by atoms with Gasteiger partial charge in [-0.1, -0.05) is 133 Å². The number of benzene rings is 10. The van der Waals surface area contributed by atoms with Crippen LogP contribution in [0.2, 0.25) is 0 Å². The van der Waals surface area contributed by atoms with E-state index in [1.165, 1.54) is 64.6 Å². The molecule has 1 aromatic heterocycles. The largest absolute Gasteiger partial charge is 0.456 e. The molecule has 0 N–H and O–H groups in total. The first-order chi connectivity index (χ1) is 24.8. The van der Waals surface area contributed by atoms with Crippen molar-refractivity contribution in [3.05, 3.63) is 176 Å². The van der Waals surface area contributed by atoms with Gasteiger partial charge in [0.2, 0.25) is 0 Å². The lowest BCUT2D eigenvalue weighted by molar-refractivity contribution is 0.669.